The van der Waals surface area contributed by atoms with Gasteiger partial charge in [0.2, 0.25) is 5.91 Å². The van der Waals surface area contributed by atoms with Gasteiger partial charge in [-0.3, -0.25) is 4.79 Å². The standard InChI is InChI=1S/C14H18N6O.ClH/c1-10-2-5-12(6-13(10)20-9-16-18-19-20)17-14(21)8-15-7-11-3-4-11;/h2,5-6,9,11,15H,3-4,7-8H2,1H3,(H,17,21);1H. The molecule has 2 N–H and O–H groups in total. The smallest absolute Gasteiger partial charge is 0.238 e. The molecule has 1 aliphatic carbocycles. The summed E-state index contributed by atoms with van der Waals surface area (Å²) in [5, 5.41) is 17.2. The molecule has 8 heteroatoms. The van der Waals surface area contributed by atoms with Crippen molar-refractivity contribution in [1.29, 1.82) is 0 Å². The van der Waals surface area contributed by atoms with Crippen LogP contribution in [0.2, 0.25) is 0 Å². The van der Waals surface area contributed by atoms with Crippen LogP contribution in [0.5, 0.6) is 0 Å². The third kappa shape index (κ3) is 4.25. The minimum absolute atomic E-state index is 0. The average Bonchev–Trinajstić information content (AvgIpc) is 3.13. The summed E-state index contributed by atoms with van der Waals surface area (Å²) in [4.78, 5) is 11.9. The number of carbonyl (C=O) groups is 1. The number of aryl methyl sites for hydroxylation is 1. The first-order chi connectivity index (χ1) is 10.2. The molecule has 2 aromatic rings. The van der Waals surface area contributed by atoms with Crippen molar-refractivity contribution in [3.8, 4) is 5.69 Å². The molecule has 1 aromatic heterocycles. The number of carbonyl (C=O) groups excluding carboxylic acids is 1. The van der Waals surface area contributed by atoms with Crippen molar-refractivity contribution in [1.82, 2.24) is 25.5 Å². The second-order valence-corrected chi connectivity index (χ2v) is 5.38. The topological polar surface area (TPSA) is 84.7 Å². The van der Waals surface area contributed by atoms with Gasteiger partial charge in [0, 0.05) is 5.69 Å². The lowest BCUT2D eigenvalue weighted by molar-refractivity contribution is -0.115. The van der Waals surface area contributed by atoms with E-state index in [9.17, 15) is 4.79 Å². The molecule has 7 nitrogen and oxygen atoms in total. The van der Waals surface area contributed by atoms with E-state index in [1.54, 1.807) is 4.68 Å². The third-order valence-corrected chi connectivity index (χ3v) is 3.50. The van der Waals surface area contributed by atoms with Crippen molar-refractivity contribution < 1.29 is 4.79 Å². The van der Waals surface area contributed by atoms with E-state index in [0.717, 1.165) is 29.4 Å². The van der Waals surface area contributed by atoms with Crippen molar-refractivity contribution >= 4 is 24.0 Å². The van der Waals surface area contributed by atoms with E-state index in [1.807, 2.05) is 25.1 Å². The molecular weight excluding hydrogens is 304 g/mol. The van der Waals surface area contributed by atoms with Crippen LogP contribution in [-0.2, 0) is 4.79 Å². The molecule has 0 atom stereocenters. The van der Waals surface area contributed by atoms with Gasteiger partial charge in [0.05, 0.1) is 12.2 Å². The highest BCUT2D eigenvalue weighted by molar-refractivity contribution is 5.92. The summed E-state index contributed by atoms with van der Waals surface area (Å²) in [6.45, 7) is 3.24. The Morgan fingerprint density at radius 1 is 1.41 bits per heavy atom. The van der Waals surface area contributed by atoms with Crippen molar-refractivity contribution in [2.24, 2.45) is 5.92 Å². The molecule has 118 valence electrons. The monoisotopic (exact) mass is 322 g/mol. The zero-order chi connectivity index (χ0) is 14.7. The van der Waals surface area contributed by atoms with Crippen LogP contribution in [0.4, 0.5) is 5.69 Å². The van der Waals surface area contributed by atoms with Gasteiger partial charge in [0.25, 0.3) is 0 Å². The second kappa shape index (κ2) is 7.33. The number of amides is 1. The minimum atomic E-state index is -0.0397. The number of aromatic nitrogens is 4. The van der Waals surface area contributed by atoms with E-state index < -0.39 is 0 Å². The summed E-state index contributed by atoms with van der Waals surface area (Å²) in [5.41, 5.74) is 2.63. The molecule has 0 spiro atoms. The van der Waals surface area contributed by atoms with Gasteiger partial charge >= 0.3 is 0 Å². The first-order valence-corrected chi connectivity index (χ1v) is 7.07. The summed E-state index contributed by atoms with van der Waals surface area (Å²) >= 11 is 0. The number of rotatable bonds is 6. The zero-order valence-corrected chi connectivity index (χ0v) is 13.1. The van der Waals surface area contributed by atoms with Crippen LogP contribution in [0.15, 0.2) is 24.5 Å². The summed E-state index contributed by atoms with van der Waals surface area (Å²) in [5.74, 6) is 0.728. The molecule has 1 aliphatic rings. The first-order valence-electron chi connectivity index (χ1n) is 7.07. The van der Waals surface area contributed by atoms with Crippen LogP contribution in [-0.4, -0.2) is 39.2 Å². The Labute approximate surface area is 134 Å². The fourth-order valence-corrected chi connectivity index (χ4v) is 2.12. The van der Waals surface area contributed by atoms with Gasteiger partial charge in [-0.05, 0) is 60.4 Å². The maximum atomic E-state index is 11.9. The van der Waals surface area contributed by atoms with E-state index in [0.29, 0.717) is 6.54 Å². The highest BCUT2D eigenvalue weighted by Gasteiger charge is 2.20. The number of benzene rings is 1. The largest absolute Gasteiger partial charge is 0.325 e. The first kappa shape index (κ1) is 16.4. The van der Waals surface area contributed by atoms with Crippen molar-refractivity contribution in [2.45, 2.75) is 19.8 Å². The van der Waals surface area contributed by atoms with Crippen molar-refractivity contribution in [3.05, 3.63) is 30.1 Å². The number of anilines is 1. The predicted molar refractivity (Wildman–Crippen MR) is 85.4 cm³/mol. The van der Waals surface area contributed by atoms with Gasteiger partial charge in [0.15, 0.2) is 0 Å². The Bertz CT molecular complexity index is 626. The Hall–Kier alpha value is -1.99. The number of halogens is 1. The van der Waals surface area contributed by atoms with E-state index >= 15 is 0 Å². The molecule has 0 saturated heterocycles. The minimum Gasteiger partial charge on any atom is -0.325 e. The lowest BCUT2D eigenvalue weighted by Gasteiger charge is -2.10. The Kier molecular flexibility index (Phi) is 5.46. The Morgan fingerprint density at radius 3 is 2.91 bits per heavy atom. The molecule has 3 rings (SSSR count). The number of hydrogen-bond donors (Lipinski definition) is 2. The SMILES string of the molecule is Cc1ccc(NC(=O)CNCC2CC2)cc1-n1cnnn1.Cl. The highest BCUT2D eigenvalue weighted by atomic mass is 35.5. The molecule has 0 unspecified atom stereocenters. The number of nitrogens with zero attached hydrogens (tertiary/aromatic N) is 4. The molecular formula is C14H19ClN6O. The second-order valence-electron chi connectivity index (χ2n) is 5.38. The lowest BCUT2D eigenvalue weighted by Crippen LogP contribution is -2.29. The van der Waals surface area contributed by atoms with Crippen LogP contribution >= 0.6 is 12.4 Å². The quantitative estimate of drug-likeness (QED) is 0.838. The predicted octanol–water partition coefficient (Wildman–Crippen LogP) is 1.33. The molecule has 0 bridgehead atoms. The van der Waals surface area contributed by atoms with Crippen LogP contribution in [0.3, 0.4) is 0 Å². The summed E-state index contributed by atoms with van der Waals surface area (Å²) < 4.78 is 1.58. The van der Waals surface area contributed by atoms with E-state index in [1.165, 1.54) is 19.2 Å². The fraction of sp³-hybridized carbons (Fsp3) is 0.429. The van der Waals surface area contributed by atoms with Gasteiger partial charge < -0.3 is 10.6 Å². The van der Waals surface area contributed by atoms with Gasteiger partial charge in [0.1, 0.15) is 6.33 Å². The summed E-state index contributed by atoms with van der Waals surface area (Å²) in [6.07, 6.45) is 4.09. The Balaban J connectivity index is 0.00000176. The van der Waals surface area contributed by atoms with Crippen LogP contribution in [0.25, 0.3) is 5.69 Å². The Morgan fingerprint density at radius 2 is 2.23 bits per heavy atom. The summed E-state index contributed by atoms with van der Waals surface area (Å²) in [6, 6.07) is 5.68. The van der Waals surface area contributed by atoms with Gasteiger partial charge in [-0.15, -0.1) is 17.5 Å². The molecule has 0 aliphatic heterocycles. The summed E-state index contributed by atoms with van der Waals surface area (Å²) in [7, 11) is 0. The van der Waals surface area contributed by atoms with Crippen molar-refractivity contribution in [3.63, 3.8) is 0 Å². The number of hydrogen-bond acceptors (Lipinski definition) is 5. The normalized spacial score (nSPS) is 13.5. The van der Waals surface area contributed by atoms with Crippen LogP contribution in [0, 0.1) is 12.8 Å². The molecule has 1 fully saturated rings. The van der Waals surface area contributed by atoms with Gasteiger partial charge in [-0.1, -0.05) is 6.07 Å². The third-order valence-electron chi connectivity index (χ3n) is 3.50. The fourth-order valence-electron chi connectivity index (χ4n) is 2.12. The molecule has 1 amide bonds. The lowest BCUT2D eigenvalue weighted by atomic mass is 10.2. The van der Waals surface area contributed by atoms with E-state index in [-0.39, 0.29) is 18.3 Å². The van der Waals surface area contributed by atoms with Crippen LogP contribution < -0.4 is 10.6 Å². The van der Waals surface area contributed by atoms with E-state index in [4.69, 9.17) is 0 Å². The molecule has 0 radical (unpaired) electrons. The highest BCUT2D eigenvalue weighted by Crippen LogP contribution is 2.27. The number of tetrazole rings is 1. The molecule has 1 saturated carbocycles. The van der Waals surface area contributed by atoms with Crippen molar-refractivity contribution in [2.75, 3.05) is 18.4 Å². The zero-order valence-electron chi connectivity index (χ0n) is 12.3. The van der Waals surface area contributed by atoms with Gasteiger partial charge in [-0.25, -0.2) is 4.68 Å². The molecule has 1 aromatic carbocycles. The van der Waals surface area contributed by atoms with Crippen LogP contribution in [0.1, 0.15) is 18.4 Å². The molecule has 22 heavy (non-hydrogen) atoms. The van der Waals surface area contributed by atoms with E-state index in [2.05, 4.69) is 26.2 Å². The maximum absolute atomic E-state index is 11.9. The van der Waals surface area contributed by atoms with Gasteiger partial charge in [-0.2, -0.15) is 0 Å². The maximum Gasteiger partial charge on any atom is 0.238 e. The average molecular weight is 323 g/mol. The molecule has 1 heterocycles. The number of nitrogens with one attached hydrogen (secondary N) is 2.